The highest BCUT2D eigenvalue weighted by Crippen LogP contribution is 2.24. The zero-order valence-corrected chi connectivity index (χ0v) is 14.3. The minimum atomic E-state index is -4.04. The van der Waals surface area contributed by atoms with Crippen molar-refractivity contribution in [1.82, 2.24) is 9.21 Å². The smallest absolute Gasteiger partial charge is 0.255 e. The molecule has 1 fully saturated rings. The largest absolute Gasteiger partial charge is 0.312 e. The van der Waals surface area contributed by atoms with E-state index in [0.29, 0.717) is 25.9 Å². The molecule has 1 aromatic carbocycles. The lowest BCUT2D eigenvalue weighted by Crippen LogP contribution is -2.36. The Morgan fingerprint density at radius 3 is 2.32 bits per heavy atom. The Morgan fingerprint density at radius 2 is 1.76 bits per heavy atom. The highest BCUT2D eigenvalue weighted by Gasteiger charge is 2.30. The second-order valence-electron chi connectivity index (χ2n) is 5.59. The predicted molar refractivity (Wildman–Crippen MR) is 86.1 cm³/mol. The standard InChI is InChI=1S/C16H17FN4O3S/c17-14-5-4-13(16(22)20(10-6-18)11-7-19)12-15(14)25(23,24)21-8-2-1-3-9-21/h4-5,12H,1-3,8-11H2. The molecule has 132 valence electrons. The molecule has 0 radical (unpaired) electrons. The van der Waals surface area contributed by atoms with Crippen LogP contribution in [0.5, 0.6) is 0 Å². The van der Waals surface area contributed by atoms with E-state index in [1.807, 2.05) is 0 Å². The molecule has 0 saturated carbocycles. The Balaban J connectivity index is 2.39. The van der Waals surface area contributed by atoms with Gasteiger partial charge in [-0.2, -0.15) is 14.8 Å². The lowest BCUT2D eigenvalue weighted by Gasteiger charge is -2.26. The number of halogens is 1. The molecule has 2 rings (SSSR count). The van der Waals surface area contributed by atoms with E-state index in [0.717, 1.165) is 29.5 Å². The molecule has 0 unspecified atom stereocenters. The first kappa shape index (κ1) is 18.8. The van der Waals surface area contributed by atoms with Gasteiger partial charge in [0.05, 0.1) is 12.1 Å². The number of amides is 1. The van der Waals surface area contributed by atoms with Crippen LogP contribution in [0.2, 0.25) is 0 Å². The minimum Gasteiger partial charge on any atom is -0.312 e. The van der Waals surface area contributed by atoms with Gasteiger partial charge in [0.15, 0.2) is 0 Å². The van der Waals surface area contributed by atoms with Gasteiger partial charge in [-0.05, 0) is 31.0 Å². The first-order chi connectivity index (χ1) is 11.9. The van der Waals surface area contributed by atoms with Gasteiger partial charge in [0.2, 0.25) is 10.0 Å². The van der Waals surface area contributed by atoms with Gasteiger partial charge in [0.1, 0.15) is 23.8 Å². The van der Waals surface area contributed by atoms with Crippen molar-refractivity contribution in [3.8, 4) is 12.1 Å². The Hall–Kier alpha value is -2.49. The number of rotatable bonds is 5. The van der Waals surface area contributed by atoms with Crippen molar-refractivity contribution in [1.29, 1.82) is 10.5 Å². The summed E-state index contributed by atoms with van der Waals surface area (Å²) in [5, 5.41) is 17.5. The molecule has 1 aliphatic heterocycles. The molecule has 0 spiro atoms. The maximum absolute atomic E-state index is 14.1. The molecule has 1 saturated heterocycles. The van der Waals surface area contributed by atoms with E-state index in [-0.39, 0.29) is 18.7 Å². The number of carbonyl (C=O) groups is 1. The normalized spacial score (nSPS) is 15.2. The fraction of sp³-hybridized carbons (Fsp3) is 0.438. The van der Waals surface area contributed by atoms with Gasteiger partial charge in [0.25, 0.3) is 5.91 Å². The van der Waals surface area contributed by atoms with Crippen LogP contribution >= 0.6 is 0 Å². The first-order valence-corrected chi connectivity index (χ1v) is 9.18. The number of nitriles is 2. The van der Waals surface area contributed by atoms with Crippen LogP contribution in [0.3, 0.4) is 0 Å². The van der Waals surface area contributed by atoms with E-state index in [4.69, 9.17) is 10.5 Å². The van der Waals surface area contributed by atoms with Crippen molar-refractivity contribution in [3.05, 3.63) is 29.6 Å². The average molecular weight is 364 g/mol. The molecule has 7 nitrogen and oxygen atoms in total. The second kappa shape index (κ2) is 8.06. The molecule has 0 aliphatic carbocycles. The Kier molecular flexibility index (Phi) is 6.07. The monoisotopic (exact) mass is 364 g/mol. The first-order valence-electron chi connectivity index (χ1n) is 7.74. The Bertz CT molecular complexity index is 820. The zero-order chi connectivity index (χ0) is 18.4. The van der Waals surface area contributed by atoms with Crippen molar-refractivity contribution in [3.63, 3.8) is 0 Å². The molecule has 9 heteroatoms. The molecule has 0 bridgehead atoms. The van der Waals surface area contributed by atoms with Crippen LogP contribution in [-0.2, 0) is 10.0 Å². The molecule has 1 aromatic rings. The number of sulfonamides is 1. The summed E-state index contributed by atoms with van der Waals surface area (Å²) < 4.78 is 40.7. The van der Waals surface area contributed by atoms with Gasteiger partial charge in [-0.15, -0.1) is 0 Å². The van der Waals surface area contributed by atoms with Crippen LogP contribution in [0.1, 0.15) is 29.6 Å². The number of hydrogen-bond donors (Lipinski definition) is 0. The van der Waals surface area contributed by atoms with Crippen LogP contribution in [-0.4, -0.2) is 49.7 Å². The maximum Gasteiger partial charge on any atom is 0.255 e. The van der Waals surface area contributed by atoms with Gasteiger partial charge in [0, 0.05) is 18.7 Å². The van der Waals surface area contributed by atoms with Gasteiger partial charge in [-0.1, -0.05) is 6.42 Å². The minimum absolute atomic E-state index is 0.0810. The van der Waals surface area contributed by atoms with Crippen molar-refractivity contribution >= 4 is 15.9 Å². The maximum atomic E-state index is 14.1. The third kappa shape index (κ3) is 4.13. The lowest BCUT2D eigenvalue weighted by molar-refractivity contribution is 0.0794. The molecule has 1 amide bonds. The summed E-state index contributed by atoms with van der Waals surface area (Å²) in [6.45, 7) is -0.0141. The fourth-order valence-corrected chi connectivity index (χ4v) is 4.24. The molecule has 1 heterocycles. The van der Waals surface area contributed by atoms with E-state index in [2.05, 4.69) is 0 Å². The van der Waals surface area contributed by atoms with Crippen LogP contribution in [0.4, 0.5) is 4.39 Å². The second-order valence-corrected chi connectivity index (χ2v) is 7.49. The number of carbonyl (C=O) groups excluding carboxylic acids is 1. The molecule has 1 aliphatic rings. The number of hydrogen-bond acceptors (Lipinski definition) is 5. The van der Waals surface area contributed by atoms with Gasteiger partial charge < -0.3 is 4.90 Å². The van der Waals surface area contributed by atoms with E-state index < -0.39 is 26.6 Å². The van der Waals surface area contributed by atoms with Crippen LogP contribution in [0, 0.1) is 28.5 Å². The fourth-order valence-electron chi connectivity index (χ4n) is 2.63. The number of nitrogens with zero attached hydrogens (tertiary/aromatic N) is 4. The topological polar surface area (TPSA) is 105 Å². The summed E-state index contributed by atoms with van der Waals surface area (Å²) in [6, 6.07) is 6.57. The van der Waals surface area contributed by atoms with Crippen molar-refractivity contribution in [2.75, 3.05) is 26.2 Å². The molecular formula is C16H17FN4O3S. The van der Waals surface area contributed by atoms with Crippen LogP contribution < -0.4 is 0 Å². The quantitative estimate of drug-likeness (QED) is 0.736. The van der Waals surface area contributed by atoms with Crippen molar-refractivity contribution in [2.24, 2.45) is 0 Å². The molecule has 0 atom stereocenters. The molecule has 0 N–H and O–H groups in total. The van der Waals surface area contributed by atoms with E-state index in [1.54, 1.807) is 12.1 Å². The van der Waals surface area contributed by atoms with Gasteiger partial charge in [-0.3, -0.25) is 4.79 Å². The Morgan fingerprint density at radius 1 is 1.16 bits per heavy atom. The summed E-state index contributed by atoms with van der Waals surface area (Å²) in [7, 11) is -4.04. The highest BCUT2D eigenvalue weighted by atomic mass is 32.2. The van der Waals surface area contributed by atoms with Gasteiger partial charge >= 0.3 is 0 Å². The summed E-state index contributed by atoms with van der Waals surface area (Å²) in [6.07, 6.45) is 2.33. The van der Waals surface area contributed by atoms with Crippen molar-refractivity contribution in [2.45, 2.75) is 24.2 Å². The molecule has 0 aromatic heterocycles. The number of piperidine rings is 1. The summed E-state index contributed by atoms with van der Waals surface area (Å²) in [5.74, 6) is -1.63. The van der Waals surface area contributed by atoms with E-state index in [9.17, 15) is 17.6 Å². The Labute approximate surface area is 145 Å². The third-order valence-electron chi connectivity index (χ3n) is 3.92. The SMILES string of the molecule is N#CCN(CC#N)C(=O)c1ccc(F)c(S(=O)(=O)N2CCCCC2)c1. The molecular weight excluding hydrogens is 347 g/mol. The number of benzene rings is 1. The van der Waals surface area contributed by atoms with Gasteiger partial charge in [-0.25, -0.2) is 12.8 Å². The summed E-state index contributed by atoms with van der Waals surface area (Å²) in [4.78, 5) is 12.8. The lowest BCUT2D eigenvalue weighted by atomic mass is 10.2. The zero-order valence-electron chi connectivity index (χ0n) is 13.5. The summed E-state index contributed by atoms with van der Waals surface area (Å²) >= 11 is 0. The predicted octanol–water partition coefficient (Wildman–Crippen LogP) is 1.49. The van der Waals surface area contributed by atoms with Crippen LogP contribution in [0.25, 0.3) is 0 Å². The summed E-state index contributed by atoms with van der Waals surface area (Å²) in [5.41, 5.74) is -0.0810. The third-order valence-corrected chi connectivity index (χ3v) is 5.84. The van der Waals surface area contributed by atoms with E-state index >= 15 is 0 Å². The van der Waals surface area contributed by atoms with Crippen molar-refractivity contribution < 1.29 is 17.6 Å². The average Bonchev–Trinajstić information content (AvgIpc) is 2.62. The molecule has 25 heavy (non-hydrogen) atoms. The highest BCUT2D eigenvalue weighted by molar-refractivity contribution is 7.89. The van der Waals surface area contributed by atoms with Crippen LogP contribution in [0.15, 0.2) is 23.1 Å². The van der Waals surface area contributed by atoms with E-state index in [1.165, 1.54) is 4.31 Å².